The van der Waals surface area contributed by atoms with E-state index in [1.165, 1.54) is 0 Å². The Kier molecular flexibility index (Phi) is 3.61. The Bertz CT molecular complexity index is 744. The number of carbonyl (C=O) groups excluding carboxylic acids is 1. The van der Waals surface area contributed by atoms with E-state index in [0.29, 0.717) is 6.54 Å². The van der Waals surface area contributed by atoms with Crippen LogP contribution in [-0.2, 0) is 11.2 Å². The molecule has 0 radical (unpaired) electrons. The Balaban J connectivity index is 1.87. The summed E-state index contributed by atoms with van der Waals surface area (Å²) in [6, 6.07) is 10.2. The Labute approximate surface area is 130 Å². The average Bonchev–Trinajstić information content (AvgIpc) is 2.65. The van der Waals surface area contributed by atoms with Crippen LogP contribution in [0.5, 0.6) is 0 Å². The van der Waals surface area contributed by atoms with Gasteiger partial charge in [-0.25, -0.2) is 9.78 Å². The zero-order chi connectivity index (χ0) is 15.7. The molecule has 0 saturated heterocycles. The lowest BCUT2D eigenvalue weighted by Crippen LogP contribution is -2.34. The second-order valence-corrected chi connectivity index (χ2v) is 6.46. The van der Waals surface area contributed by atoms with Crippen molar-refractivity contribution >= 4 is 23.1 Å². The van der Waals surface area contributed by atoms with Crippen LogP contribution in [0.1, 0.15) is 32.0 Å². The number of hydrogen-bond donors (Lipinski definition) is 0. The van der Waals surface area contributed by atoms with Crippen LogP contribution in [0.15, 0.2) is 36.5 Å². The standard InChI is InChI=1S/C18H20N2O2/c1-18(2,3)22-17(21)20-10-8-14-12-13-6-4-5-7-15(13)19-16(14)9-11-20/h4-7,9,11-12H,8,10H2,1-3H3. The molecule has 0 aliphatic carbocycles. The molecule has 1 aromatic heterocycles. The maximum absolute atomic E-state index is 12.2. The van der Waals surface area contributed by atoms with Gasteiger partial charge in [-0.15, -0.1) is 0 Å². The lowest BCUT2D eigenvalue weighted by atomic mass is 10.1. The summed E-state index contributed by atoms with van der Waals surface area (Å²) in [6.45, 7) is 6.21. The van der Waals surface area contributed by atoms with E-state index in [4.69, 9.17) is 4.74 Å². The summed E-state index contributed by atoms with van der Waals surface area (Å²) < 4.78 is 5.42. The molecule has 0 bridgehead atoms. The minimum absolute atomic E-state index is 0.318. The van der Waals surface area contributed by atoms with E-state index in [2.05, 4.69) is 17.1 Å². The van der Waals surface area contributed by atoms with Crippen LogP contribution >= 0.6 is 0 Å². The molecule has 2 aromatic rings. The van der Waals surface area contributed by atoms with E-state index < -0.39 is 5.60 Å². The predicted molar refractivity (Wildman–Crippen MR) is 87.4 cm³/mol. The van der Waals surface area contributed by atoms with Gasteiger partial charge in [-0.2, -0.15) is 0 Å². The van der Waals surface area contributed by atoms with Gasteiger partial charge in [-0.1, -0.05) is 18.2 Å². The van der Waals surface area contributed by atoms with E-state index in [1.54, 1.807) is 11.1 Å². The Morgan fingerprint density at radius 3 is 2.82 bits per heavy atom. The summed E-state index contributed by atoms with van der Waals surface area (Å²) in [7, 11) is 0. The van der Waals surface area contributed by atoms with Crippen molar-refractivity contribution in [3.8, 4) is 0 Å². The topological polar surface area (TPSA) is 42.4 Å². The maximum atomic E-state index is 12.2. The van der Waals surface area contributed by atoms with E-state index in [9.17, 15) is 4.79 Å². The van der Waals surface area contributed by atoms with Gasteiger partial charge in [0.1, 0.15) is 5.60 Å². The molecule has 1 aliphatic rings. The van der Waals surface area contributed by atoms with E-state index in [1.807, 2.05) is 45.0 Å². The molecule has 22 heavy (non-hydrogen) atoms. The first-order valence-corrected chi connectivity index (χ1v) is 7.49. The zero-order valence-electron chi connectivity index (χ0n) is 13.2. The molecule has 114 valence electrons. The number of rotatable bonds is 0. The first kappa shape index (κ1) is 14.6. The van der Waals surface area contributed by atoms with Crippen molar-refractivity contribution in [3.63, 3.8) is 0 Å². The monoisotopic (exact) mass is 296 g/mol. The Morgan fingerprint density at radius 2 is 2.05 bits per heavy atom. The van der Waals surface area contributed by atoms with E-state index >= 15 is 0 Å². The predicted octanol–water partition coefficient (Wildman–Crippen LogP) is 4.00. The molecule has 0 saturated carbocycles. The quantitative estimate of drug-likeness (QED) is 0.738. The van der Waals surface area contributed by atoms with Crippen LogP contribution in [0.2, 0.25) is 0 Å². The molecular formula is C18H20N2O2. The van der Waals surface area contributed by atoms with Crippen LogP contribution < -0.4 is 0 Å². The first-order chi connectivity index (χ1) is 10.4. The molecular weight excluding hydrogens is 276 g/mol. The number of para-hydroxylation sites is 1. The lowest BCUT2D eigenvalue weighted by molar-refractivity contribution is 0.0339. The van der Waals surface area contributed by atoms with Gasteiger partial charge in [0, 0.05) is 18.1 Å². The third-order valence-electron chi connectivity index (χ3n) is 3.50. The third kappa shape index (κ3) is 3.11. The molecule has 0 spiro atoms. The van der Waals surface area contributed by atoms with E-state index in [-0.39, 0.29) is 6.09 Å². The smallest absolute Gasteiger partial charge is 0.414 e. The number of amides is 1. The summed E-state index contributed by atoms with van der Waals surface area (Å²) in [4.78, 5) is 18.5. The van der Waals surface area contributed by atoms with Gasteiger partial charge in [0.15, 0.2) is 0 Å². The summed E-state index contributed by atoms with van der Waals surface area (Å²) in [5, 5.41) is 1.13. The van der Waals surface area contributed by atoms with Crippen LogP contribution in [-0.4, -0.2) is 28.1 Å². The second-order valence-electron chi connectivity index (χ2n) is 6.46. The van der Waals surface area contributed by atoms with Crippen LogP contribution in [0, 0.1) is 0 Å². The fraction of sp³-hybridized carbons (Fsp3) is 0.333. The van der Waals surface area contributed by atoms with Gasteiger partial charge < -0.3 is 4.74 Å². The Hall–Kier alpha value is -2.36. The van der Waals surface area contributed by atoms with Crippen LogP contribution in [0.25, 0.3) is 17.0 Å². The van der Waals surface area contributed by atoms with Crippen molar-refractivity contribution in [2.75, 3.05) is 6.54 Å². The van der Waals surface area contributed by atoms with Crippen molar-refractivity contribution in [2.24, 2.45) is 0 Å². The molecule has 4 heteroatoms. The maximum Gasteiger partial charge on any atom is 0.414 e. The number of ether oxygens (including phenoxy) is 1. The van der Waals surface area contributed by atoms with Crippen molar-refractivity contribution in [2.45, 2.75) is 32.8 Å². The molecule has 0 atom stereocenters. The first-order valence-electron chi connectivity index (χ1n) is 7.49. The Morgan fingerprint density at radius 1 is 1.27 bits per heavy atom. The summed E-state index contributed by atoms with van der Waals surface area (Å²) in [5.41, 5.74) is 2.55. The number of carbonyl (C=O) groups is 1. The molecule has 0 fully saturated rings. The minimum Gasteiger partial charge on any atom is -0.443 e. The molecule has 0 unspecified atom stereocenters. The highest BCUT2D eigenvalue weighted by atomic mass is 16.6. The number of pyridine rings is 1. The summed E-state index contributed by atoms with van der Waals surface area (Å²) in [6.07, 6.45) is 4.10. The van der Waals surface area contributed by atoms with Crippen LogP contribution in [0.4, 0.5) is 4.79 Å². The zero-order valence-corrected chi connectivity index (χ0v) is 13.2. The normalized spacial score (nSPS) is 14.6. The number of benzene rings is 1. The molecule has 1 aliphatic heterocycles. The van der Waals surface area contributed by atoms with E-state index in [0.717, 1.165) is 28.6 Å². The molecule has 1 amide bonds. The SMILES string of the molecule is CC(C)(C)OC(=O)N1C=Cc2nc3ccccc3cc2CC1. The number of nitrogens with zero attached hydrogens (tertiary/aromatic N) is 2. The largest absolute Gasteiger partial charge is 0.443 e. The average molecular weight is 296 g/mol. The second kappa shape index (κ2) is 5.44. The fourth-order valence-electron chi connectivity index (χ4n) is 2.47. The van der Waals surface area contributed by atoms with Gasteiger partial charge in [-0.05, 0) is 51.0 Å². The van der Waals surface area contributed by atoms with Crippen LogP contribution in [0.3, 0.4) is 0 Å². The highest BCUT2D eigenvalue weighted by Gasteiger charge is 2.22. The highest BCUT2D eigenvalue weighted by Crippen LogP contribution is 2.21. The van der Waals surface area contributed by atoms with Crippen molar-refractivity contribution in [1.82, 2.24) is 9.88 Å². The van der Waals surface area contributed by atoms with Gasteiger partial charge in [0.05, 0.1) is 11.2 Å². The molecule has 0 N–H and O–H groups in total. The highest BCUT2D eigenvalue weighted by molar-refractivity contribution is 5.81. The molecule has 1 aromatic carbocycles. The molecule has 3 rings (SSSR count). The van der Waals surface area contributed by atoms with Gasteiger partial charge >= 0.3 is 6.09 Å². The summed E-state index contributed by atoms with van der Waals surface area (Å²) in [5.74, 6) is 0. The molecule has 2 heterocycles. The number of fused-ring (bicyclic) bond motifs is 2. The number of aromatic nitrogens is 1. The number of hydrogen-bond acceptors (Lipinski definition) is 3. The van der Waals surface area contributed by atoms with Crippen molar-refractivity contribution in [3.05, 3.63) is 47.8 Å². The summed E-state index contributed by atoms with van der Waals surface area (Å²) >= 11 is 0. The fourth-order valence-corrected chi connectivity index (χ4v) is 2.47. The van der Waals surface area contributed by atoms with Crippen molar-refractivity contribution in [1.29, 1.82) is 0 Å². The van der Waals surface area contributed by atoms with Gasteiger partial charge in [0.25, 0.3) is 0 Å². The van der Waals surface area contributed by atoms with Gasteiger partial charge in [-0.3, -0.25) is 4.90 Å². The van der Waals surface area contributed by atoms with Crippen molar-refractivity contribution < 1.29 is 9.53 Å². The molecule has 4 nitrogen and oxygen atoms in total. The van der Waals surface area contributed by atoms with Gasteiger partial charge in [0.2, 0.25) is 0 Å². The lowest BCUT2D eigenvalue weighted by Gasteiger charge is -2.24. The third-order valence-corrected chi connectivity index (χ3v) is 3.50. The minimum atomic E-state index is -0.489.